The molecule has 0 N–H and O–H groups in total. The zero-order valence-corrected chi connectivity index (χ0v) is 18.6. The van der Waals surface area contributed by atoms with Crippen molar-refractivity contribution in [2.45, 2.75) is 19.4 Å². The van der Waals surface area contributed by atoms with Gasteiger partial charge in [0.15, 0.2) is 16.4 Å². The Morgan fingerprint density at radius 2 is 2.03 bits per heavy atom. The maximum Gasteiger partial charge on any atom is 0.339 e. The molecule has 1 aliphatic heterocycles. The van der Waals surface area contributed by atoms with Crippen molar-refractivity contribution in [2.75, 3.05) is 24.7 Å². The summed E-state index contributed by atoms with van der Waals surface area (Å²) in [6.07, 6.45) is 0.412. The highest BCUT2D eigenvalue weighted by molar-refractivity contribution is 7.91. The number of likely N-dealkylation sites (N-methyl/N-ethyl adjacent to an activating group) is 1. The van der Waals surface area contributed by atoms with E-state index >= 15 is 0 Å². The van der Waals surface area contributed by atoms with E-state index in [9.17, 15) is 18.0 Å². The third-order valence-electron chi connectivity index (χ3n) is 5.35. The average molecular weight is 459 g/mol. The van der Waals surface area contributed by atoms with E-state index in [4.69, 9.17) is 4.74 Å². The van der Waals surface area contributed by atoms with Crippen LogP contribution in [0.1, 0.15) is 23.7 Å². The molecule has 3 aromatic rings. The normalized spacial score (nSPS) is 17.5. The number of para-hydroxylation sites is 1. The second-order valence-electron chi connectivity index (χ2n) is 7.36. The molecule has 1 amide bonds. The van der Waals surface area contributed by atoms with Gasteiger partial charge in [0.2, 0.25) is 0 Å². The standard InChI is InChI=1S/C22H22N2O5S2/c1-2-24(15-9-11-31(27,28)14-15)21(25)13-29-22(26)17-12-19(20-8-5-10-30-20)23-18-7-4-3-6-16(17)18/h3-8,10,12,15H,2,9,11,13-14H2,1H3/t15-/m1/s1. The Kier molecular flexibility index (Phi) is 6.06. The van der Waals surface area contributed by atoms with Gasteiger partial charge in [0.05, 0.1) is 33.2 Å². The van der Waals surface area contributed by atoms with Crippen LogP contribution in [0.2, 0.25) is 0 Å². The molecular weight excluding hydrogens is 436 g/mol. The minimum Gasteiger partial charge on any atom is -0.452 e. The zero-order valence-electron chi connectivity index (χ0n) is 17.0. The molecule has 2 aromatic heterocycles. The summed E-state index contributed by atoms with van der Waals surface area (Å²) in [5.41, 5.74) is 1.67. The Morgan fingerprint density at radius 3 is 2.71 bits per heavy atom. The minimum absolute atomic E-state index is 0.0420. The van der Waals surface area contributed by atoms with Crippen molar-refractivity contribution in [1.82, 2.24) is 9.88 Å². The highest BCUT2D eigenvalue weighted by Gasteiger charge is 2.34. The maximum atomic E-state index is 12.9. The Hall–Kier alpha value is -2.78. The highest BCUT2D eigenvalue weighted by atomic mass is 32.2. The Bertz CT molecular complexity index is 1220. The molecule has 0 aliphatic carbocycles. The number of benzene rings is 1. The number of rotatable bonds is 6. The number of pyridine rings is 1. The number of sulfone groups is 1. The average Bonchev–Trinajstić information content (AvgIpc) is 3.41. The van der Waals surface area contributed by atoms with Crippen LogP contribution in [0.15, 0.2) is 47.8 Å². The van der Waals surface area contributed by atoms with Crippen molar-refractivity contribution in [3.05, 3.63) is 53.4 Å². The molecule has 7 nitrogen and oxygen atoms in total. The third-order valence-corrected chi connectivity index (χ3v) is 7.99. The number of ether oxygens (including phenoxy) is 1. The van der Waals surface area contributed by atoms with Crippen LogP contribution < -0.4 is 0 Å². The molecule has 0 saturated carbocycles. The van der Waals surface area contributed by atoms with E-state index in [2.05, 4.69) is 4.98 Å². The number of carbonyl (C=O) groups excluding carboxylic acids is 2. The fraction of sp³-hybridized carbons (Fsp3) is 0.318. The van der Waals surface area contributed by atoms with E-state index in [-0.39, 0.29) is 17.5 Å². The van der Waals surface area contributed by atoms with E-state index in [1.807, 2.05) is 35.7 Å². The van der Waals surface area contributed by atoms with Crippen molar-refractivity contribution < 1.29 is 22.7 Å². The number of aromatic nitrogens is 1. The van der Waals surface area contributed by atoms with Crippen molar-refractivity contribution in [1.29, 1.82) is 0 Å². The largest absolute Gasteiger partial charge is 0.452 e. The fourth-order valence-corrected chi connectivity index (χ4v) is 6.26. The first-order valence-corrected chi connectivity index (χ1v) is 12.7. The molecule has 1 aliphatic rings. The number of fused-ring (bicyclic) bond motifs is 1. The first kappa shape index (κ1) is 21.5. The summed E-state index contributed by atoms with van der Waals surface area (Å²) >= 11 is 1.52. The molecule has 9 heteroatoms. The highest BCUT2D eigenvalue weighted by Crippen LogP contribution is 2.28. The van der Waals surface area contributed by atoms with Gasteiger partial charge < -0.3 is 9.64 Å². The number of nitrogens with zero attached hydrogens (tertiary/aromatic N) is 2. The van der Waals surface area contributed by atoms with Gasteiger partial charge in [0.25, 0.3) is 5.91 Å². The van der Waals surface area contributed by atoms with Crippen LogP contribution in [-0.2, 0) is 19.4 Å². The Labute approximate surface area is 184 Å². The fourth-order valence-electron chi connectivity index (χ4n) is 3.84. The van der Waals surface area contributed by atoms with Crippen molar-refractivity contribution in [2.24, 2.45) is 0 Å². The molecule has 0 spiro atoms. The van der Waals surface area contributed by atoms with Crippen LogP contribution in [0, 0.1) is 0 Å². The van der Waals surface area contributed by atoms with Crippen LogP contribution in [0.4, 0.5) is 0 Å². The molecule has 1 atom stereocenters. The number of hydrogen-bond acceptors (Lipinski definition) is 7. The van der Waals surface area contributed by atoms with Gasteiger partial charge in [-0.3, -0.25) is 4.79 Å². The van der Waals surface area contributed by atoms with Gasteiger partial charge in [-0.05, 0) is 36.9 Å². The van der Waals surface area contributed by atoms with Crippen LogP contribution >= 0.6 is 11.3 Å². The summed E-state index contributed by atoms with van der Waals surface area (Å²) in [7, 11) is -3.12. The molecule has 1 saturated heterocycles. The summed E-state index contributed by atoms with van der Waals surface area (Å²) in [5.74, 6) is -0.968. The molecule has 3 heterocycles. The number of hydrogen-bond donors (Lipinski definition) is 0. The summed E-state index contributed by atoms with van der Waals surface area (Å²) in [5, 5.41) is 2.58. The number of carbonyl (C=O) groups is 2. The van der Waals surface area contributed by atoms with Gasteiger partial charge in [-0.1, -0.05) is 24.3 Å². The molecule has 4 rings (SSSR count). The lowest BCUT2D eigenvalue weighted by Gasteiger charge is -2.26. The first-order chi connectivity index (χ1) is 14.9. The minimum atomic E-state index is -3.12. The molecule has 0 radical (unpaired) electrons. The lowest BCUT2D eigenvalue weighted by Crippen LogP contribution is -2.43. The monoisotopic (exact) mass is 458 g/mol. The third kappa shape index (κ3) is 4.62. The van der Waals surface area contributed by atoms with Crippen LogP contribution in [0.3, 0.4) is 0 Å². The first-order valence-electron chi connectivity index (χ1n) is 9.98. The van der Waals surface area contributed by atoms with Gasteiger partial charge in [0.1, 0.15) is 0 Å². The predicted molar refractivity (Wildman–Crippen MR) is 120 cm³/mol. The second kappa shape index (κ2) is 8.76. The smallest absolute Gasteiger partial charge is 0.339 e. The molecule has 162 valence electrons. The quantitative estimate of drug-likeness (QED) is 0.527. The SMILES string of the molecule is CCN(C(=O)COC(=O)c1cc(-c2cccs2)nc2ccccc12)[C@@H]1CCS(=O)(=O)C1. The molecule has 31 heavy (non-hydrogen) atoms. The molecule has 1 aromatic carbocycles. The van der Waals surface area contributed by atoms with Gasteiger partial charge in [0, 0.05) is 18.0 Å². The van der Waals surface area contributed by atoms with E-state index in [0.29, 0.717) is 35.1 Å². The van der Waals surface area contributed by atoms with Gasteiger partial charge >= 0.3 is 5.97 Å². The zero-order chi connectivity index (χ0) is 22.0. The van der Waals surface area contributed by atoms with Crippen molar-refractivity contribution >= 4 is 44.0 Å². The van der Waals surface area contributed by atoms with Crippen molar-refractivity contribution in [3.8, 4) is 10.6 Å². The summed E-state index contributed by atoms with van der Waals surface area (Å²) in [4.78, 5) is 32.6. The number of esters is 1. The van der Waals surface area contributed by atoms with Gasteiger partial charge in [-0.2, -0.15) is 0 Å². The molecule has 0 unspecified atom stereocenters. The van der Waals surface area contributed by atoms with Crippen LogP contribution in [0.25, 0.3) is 21.5 Å². The van der Waals surface area contributed by atoms with E-state index in [1.54, 1.807) is 19.1 Å². The molecule has 0 bridgehead atoms. The summed E-state index contributed by atoms with van der Waals surface area (Å²) < 4.78 is 28.9. The Morgan fingerprint density at radius 1 is 1.23 bits per heavy atom. The van der Waals surface area contributed by atoms with Crippen molar-refractivity contribution in [3.63, 3.8) is 0 Å². The van der Waals surface area contributed by atoms with Crippen LogP contribution in [0.5, 0.6) is 0 Å². The maximum absolute atomic E-state index is 12.9. The van der Waals surface area contributed by atoms with Gasteiger partial charge in [-0.15, -0.1) is 11.3 Å². The Balaban J connectivity index is 1.54. The number of thiophene rings is 1. The second-order valence-corrected chi connectivity index (χ2v) is 10.5. The van der Waals surface area contributed by atoms with Crippen LogP contribution in [-0.4, -0.2) is 60.9 Å². The van der Waals surface area contributed by atoms with E-state index < -0.39 is 28.3 Å². The lowest BCUT2D eigenvalue weighted by atomic mass is 10.1. The molecular formula is C22H22N2O5S2. The summed E-state index contributed by atoms with van der Waals surface area (Å²) in [6, 6.07) is 12.4. The van der Waals surface area contributed by atoms with E-state index in [1.165, 1.54) is 16.2 Å². The number of amides is 1. The van der Waals surface area contributed by atoms with E-state index in [0.717, 1.165) is 4.88 Å². The predicted octanol–water partition coefficient (Wildman–Crippen LogP) is 3.16. The van der Waals surface area contributed by atoms with Gasteiger partial charge in [-0.25, -0.2) is 18.2 Å². The topological polar surface area (TPSA) is 93.6 Å². The lowest BCUT2D eigenvalue weighted by molar-refractivity contribution is -0.136. The summed E-state index contributed by atoms with van der Waals surface area (Å²) in [6.45, 7) is 1.71. The molecule has 1 fully saturated rings.